The molecular weight excluding hydrogens is 530 g/mol. The molecule has 196 valence electrons. The van der Waals surface area contributed by atoms with Crippen molar-refractivity contribution in [1.29, 1.82) is 0 Å². The Morgan fingerprint density at radius 2 is 1.73 bits per heavy atom. The molecule has 0 aromatic heterocycles. The van der Waals surface area contributed by atoms with Gasteiger partial charge in [0.25, 0.3) is 15.9 Å². The Labute approximate surface area is 217 Å². The minimum Gasteiger partial charge on any atom is -0.489 e. The number of amides is 1. The number of carbonyl (C=O) groups excluding carboxylic acids is 1. The summed E-state index contributed by atoms with van der Waals surface area (Å²) in [4.78, 5) is 14.2. The third-order valence-electron chi connectivity index (χ3n) is 5.83. The van der Waals surface area contributed by atoms with E-state index in [0.29, 0.717) is 24.2 Å². The van der Waals surface area contributed by atoms with Crippen molar-refractivity contribution in [3.63, 3.8) is 0 Å². The second kappa shape index (κ2) is 11.5. The Bertz CT molecular complexity index is 1350. The number of benzene rings is 3. The topological polar surface area (TPSA) is 105 Å². The van der Waals surface area contributed by atoms with Crippen LogP contribution in [0, 0.1) is 17.6 Å². The highest BCUT2D eigenvalue weighted by Crippen LogP contribution is 2.31. The van der Waals surface area contributed by atoms with Gasteiger partial charge in [-0.1, -0.05) is 34.6 Å². The number of carbonyl (C=O) groups is 1. The number of halogens is 3. The van der Waals surface area contributed by atoms with Crippen molar-refractivity contribution in [2.45, 2.75) is 30.4 Å². The van der Waals surface area contributed by atoms with Crippen LogP contribution >= 0.6 is 11.6 Å². The van der Waals surface area contributed by atoms with Crippen LogP contribution in [0.25, 0.3) is 0 Å². The molecule has 2 unspecified atom stereocenters. The second-order valence-corrected chi connectivity index (χ2v) is 10.5. The molecule has 37 heavy (non-hydrogen) atoms. The van der Waals surface area contributed by atoms with E-state index >= 15 is 0 Å². The summed E-state index contributed by atoms with van der Waals surface area (Å²) < 4.78 is 62.8. The number of nitrogens with zero attached hydrogens (tertiary/aromatic N) is 1. The van der Waals surface area contributed by atoms with Crippen molar-refractivity contribution in [2.75, 3.05) is 6.61 Å². The molecule has 0 aliphatic carbocycles. The fourth-order valence-electron chi connectivity index (χ4n) is 3.79. The van der Waals surface area contributed by atoms with Gasteiger partial charge in [0.15, 0.2) is 0 Å². The van der Waals surface area contributed by atoms with Crippen molar-refractivity contribution in [2.24, 2.45) is 5.92 Å². The van der Waals surface area contributed by atoms with E-state index in [1.54, 1.807) is 12.1 Å². The molecule has 0 bridgehead atoms. The van der Waals surface area contributed by atoms with Crippen molar-refractivity contribution < 1.29 is 36.7 Å². The molecule has 2 atom stereocenters. The molecule has 3 aromatic carbocycles. The second-order valence-electron chi connectivity index (χ2n) is 8.39. The quantitative estimate of drug-likeness (QED) is 0.308. The van der Waals surface area contributed by atoms with Gasteiger partial charge >= 0.3 is 0 Å². The van der Waals surface area contributed by atoms with E-state index in [1.165, 1.54) is 48.5 Å². The predicted octanol–water partition coefficient (Wildman–Crippen LogP) is 4.78. The first-order valence-electron chi connectivity index (χ1n) is 11.2. The maximum Gasteiger partial charge on any atom is 0.267 e. The van der Waals surface area contributed by atoms with E-state index < -0.39 is 27.7 Å². The Kier molecular flexibility index (Phi) is 8.40. The summed E-state index contributed by atoms with van der Waals surface area (Å²) in [5.74, 6) is -2.15. The fraction of sp³-hybridized carbons (Fsp3) is 0.240. The Balaban J connectivity index is 1.30. The van der Waals surface area contributed by atoms with E-state index in [2.05, 4.69) is 0 Å². The number of hydrogen-bond donors (Lipinski definition) is 2. The normalized spacial score (nSPS) is 17.8. The van der Waals surface area contributed by atoms with Gasteiger partial charge in [-0.3, -0.25) is 10.0 Å². The van der Waals surface area contributed by atoms with Gasteiger partial charge in [-0.2, -0.15) is 0 Å². The summed E-state index contributed by atoms with van der Waals surface area (Å²) in [7, 11) is -4.29. The van der Waals surface area contributed by atoms with Gasteiger partial charge in [0.2, 0.25) is 0 Å². The Hall–Kier alpha value is -3.09. The summed E-state index contributed by atoms with van der Waals surface area (Å²) in [5, 5.41) is 10.3. The van der Waals surface area contributed by atoms with E-state index in [-0.39, 0.29) is 40.2 Å². The van der Waals surface area contributed by atoms with Crippen molar-refractivity contribution in [3.05, 3.63) is 94.5 Å². The molecule has 8 nitrogen and oxygen atoms in total. The minimum atomic E-state index is -4.29. The SMILES string of the molecule is O=C(C1CCC(c2ccc(F)cc2)OC1)N(O)NS(=O)(=O)c1ccc(OCc2ccc(F)cc2Cl)cc1. The molecule has 1 aliphatic rings. The number of hydrogen-bond acceptors (Lipinski definition) is 6. The summed E-state index contributed by atoms with van der Waals surface area (Å²) >= 11 is 5.97. The van der Waals surface area contributed by atoms with Crippen LogP contribution in [-0.2, 0) is 26.2 Å². The highest BCUT2D eigenvalue weighted by Gasteiger charge is 2.32. The van der Waals surface area contributed by atoms with Crippen LogP contribution in [0.15, 0.2) is 71.6 Å². The van der Waals surface area contributed by atoms with Crippen molar-refractivity contribution in [3.8, 4) is 5.75 Å². The van der Waals surface area contributed by atoms with Crippen LogP contribution in [0.3, 0.4) is 0 Å². The summed E-state index contributed by atoms with van der Waals surface area (Å²) in [6.07, 6.45) is 0.449. The maximum absolute atomic E-state index is 13.2. The molecule has 0 radical (unpaired) electrons. The van der Waals surface area contributed by atoms with Crippen LogP contribution in [0.1, 0.15) is 30.1 Å². The first-order chi connectivity index (χ1) is 17.6. The van der Waals surface area contributed by atoms with E-state index in [1.807, 2.05) is 4.83 Å². The zero-order valence-electron chi connectivity index (χ0n) is 19.3. The van der Waals surface area contributed by atoms with Crippen LogP contribution in [0.4, 0.5) is 8.78 Å². The zero-order valence-corrected chi connectivity index (χ0v) is 20.9. The zero-order chi connectivity index (χ0) is 26.6. The molecule has 1 amide bonds. The summed E-state index contributed by atoms with van der Waals surface area (Å²) in [5.41, 5.74) is 1.31. The monoisotopic (exact) mass is 552 g/mol. The average molecular weight is 553 g/mol. The average Bonchev–Trinajstić information content (AvgIpc) is 2.88. The van der Waals surface area contributed by atoms with Gasteiger partial charge in [0.1, 0.15) is 24.0 Å². The standard InChI is InChI=1S/C25H23ClF2N2O6S/c26-23-13-20(28)7-3-17(23)14-35-21-8-10-22(11-9-21)37(33,34)29-30(32)25(31)18-4-12-24(36-15-18)16-1-5-19(27)6-2-16/h1-3,5-11,13,18,24,29,32H,4,12,14-15H2. The molecule has 3 aromatic rings. The highest BCUT2D eigenvalue weighted by molar-refractivity contribution is 7.89. The molecule has 0 saturated carbocycles. The fourth-order valence-corrected chi connectivity index (χ4v) is 4.93. The molecule has 0 spiro atoms. The first kappa shape index (κ1) is 27.0. The molecule has 1 aliphatic heterocycles. The molecular formula is C25H23ClF2N2O6S. The van der Waals surface area contributed by atoms with Crippen LogP contribution < -0.4 is 9.57 Å². The third-order valence-corrected chi connectivity index (χ3v) is 7.48. The number of nitrogens with one attached hydrogen (secondary N) is 1. The summed E-state index contributed by atoms with van der Waals surface area (Å²) in [6, 6.07) is 15.0. The first-order valence-corrected chi connectivity index (χ1v) is 13.1. The number of rotatable bonds is 8. The lowest BCUT2D eigenvalue weighted by Crippen LogP contribution is -2.48. The lowest BCUT2D eigenvalue weighted by atomic mass is 9.94. The number of ether oxygens (including phenoxy) is 2. The largest absolute Gasteiger partial charge is 0.489 e. The van der Waals surface area contributed by atoms with Gasteiger partial charge in [0.05, 0.1) is 28.5 Å². The number of hydroxylamine groups is 1. The molecule has 1 fully saturated rings. The van der Waals surface area contributed by atoms with Crippen LogP contribution in [-0.4, -0.2) is 31.3 Å². The third kappa shape index (κ3) is 6.82. The number of sulfonamides is 1. The van der Waals surface area contributed by atoms with Gasteiger partial charge < -0.3 is 9.47 Å². The van der Waals surface area contributed by atoms with Crippen molar-refractivity contribution >= 4 is 27.5 Å². The van der Waals surface area contributed by atoms with E-state index in [4.69, 9.17) is 21.1 Å². The highest BCUT2D eigenvalue weighted by atomic mass is 35.5. The lowest BCUT2D eigenvalue weighted by Gasteiger charge is -2.30. The minimum absolute atomic E-state index is 0.0356. The molecule has 1 saturated heterocycles. The van der Waals surface area contributed by atoms with Crippen LogP contribution in [0.2, 0.25) is 5.02 Å². The lowest BCUT2D eigenvalue weighted by molar-refractivity contribution is -0.182. The predicted molar refractivity (Wildman–Crippen MR) is 129 cm³/mol. The number of hydrazine groups is 1. The van der Waals surface area contributed by atoms with E-state index in [0.717, 1.165) is 11.6 Å². The van der Waals surface area contributed by atoms with Gasteiger partial charge in [-0.25, -0.2) is 17.2 Å². The van der Waals surface area contributed by atoms with Crippen molar-refractivity contribution in [1.82, 2.24) is 10.0 Å². The smallest absolute Gasteiger partial charge is 0.267 e. The van der Waals surface area contributed by atoms with Gasteiger partial charge in [0, 0.05) is 5.56 Å². The molecule has 1 heterocycles. The molecule has 12 heteroatoms. The van der Waals surface area contributed by atoms with Gasteiger partial charge in [-0.15, -0.1) is 5.17 Å². The Morgan fingerprint density at radius 1 is 1.05 bits per heavy atom. The van der Waals surface area contributed by atoms with Crippen LogP contribution in [0.5, 0.6) is 5.75 Å². The Morgan fingerprint density at radius 3 is 2.35 bits per heavy atom. The maximum atomic E-state index is 13.2. The molecule has 4 rings (SSSR count). The molecule has 2 N–H and O–H groups in total. The van der Waals surface area contributed by atoms with Gasteiger partial charge in [-0.05, 0) is 66.9 Å². The summed E-state index contributed by atoms with van der Waals surface area (Å²) in [6.45, 7) is -0.00235. The van der Waals surface area contributed by atoms with E-state index in [9.17, 15) is 27.2 Å².